The SMILES string of the molecule is CCC(N)CC(=O)c1ccc(Cl)s1. The highest BCUT2D eigenvalue weighted by molar-refractivity contribution is 7.18. The molecule has 1 atom stereocenters. The Hall–Kier alpha value is -0.380. The maximum Gasteiger partial charge on any atom is 0.174 e. The van der Waals surface area contributed by atoms with Crippen molar-refractivity contribution in [2.75, 3.05) is 0 Å². The molecule has 0 saturated heterocycles. The van der Waals surface area contributed by atoms with Crippen molar-refractivity contribution >= 4 is 28.7 Å². The Kier molecular flexibility index (Phi) is 3.90. The minimum Gasteiger partial charge on any atom is -0.327 e. The van der Waals surface area contributed by atoms with Crippen LogP contribution < -0.4 is 5.73 Å². The molecule has 0 spiro atoms. The molecule has 1 rings (SSSR count). The van der Waals surface area contributed by atoms with Gasteiger partial charge < -0.3 is 5.73 Å². The Morgan fingerprint density at radius 2 is 2.38 bits per heavy atom. The fraction of sp³-hybridized carbons (Fsp3) is 0.444. The van der Waals surface area contributed by atoms with Gasteiger partial charge >= 0.3 is 0 Å². The summed E-state index contributed by atoms with van der Waals surface area (Å²) in [5.41, 5.74) is 5.67. The van der Waals surface area contributed by atoms with Gasteiger partial charge in [-0.2, -0.15) is 0 Å². The zero-order chi connectivity index (χ0) is 9.84. The van der Waals surface area contributed by atoms with Crippen molar-refractivity contribution in [1.29, 1.82) is 0 Å². The van der Waals surface area contributed by atoms with E-state index in [2.05, 4.69) is 0 Å². The first-order valence-electron chi connectivity index (χ1n) is 4.17. The predicted molar refractivity (Wildman–Crippen MR) is 56.5 cm³/mol. The first-order valence-corrected chi connectivity index (χ1v) is 5.37. The molecule has 0 aliphatic heterocycles. The lowest BCUT2D eigenvalue weighted by Gasteiger charge is -2.05. The number of Topliss-reactive ketones (excluding diaryl/α,β-unsaturated/α-hetero) is 1. The highest BCUT2D eigenvalue weighted by atomic mass is 35.5. The standard InChI is InChI=1S/C9H12ClNOS/c1-2-6(11)5-7(12)8-3-4-9(10)13-8/h3-4,6H,2,5,11H2,1H3. The number of carbonyl (C=O) groups excluding carboxylic acids is 1. The smallest absolute Gasteiger partial charge is 0.174 e. The molecule has 4 heteroatoms. The van der Waals surface area contributed by atoms with E-state index >= 15 is 0 Å². The molecule has 0 aliphatic carbocycles. The van der Waals surface area contributed by atoms with Gasteiger partial charge in [0.1, 0.15) is 0 Å². The predicted octanol–water partition coefficient (Wildman–Crippen LogP) is 2.71. The molecule has 0 saturated carbocycles. The average molecular weight is 218 g/mol. The van der Waals surface area contributed by atoms with Gasteiger partial charge in [-0.15, -0.1) is 11.3 Å². The van der Waals surface area contributed by atoms with E-state index in [-0.39, 0.29) is 11.8 Å². The monoisotopic (exact) mass is 217 g/mol. The van der Waals surface area contributed by atoms with Crippen LogP contribution in [-0.4, -0.2) is 11.8 Å². The zero-order valence-electron chi connectivity index (χ0n) is 7.42. The lowest BCUT2D eigenvalue weighted by molar-refractivity contribution is 0.0978. The Morgan fingerprint density at radius 1 is 1.69 bits per heavy atom. The molecule has 1 aromatic heterocycles. The molecule has 0 amide bonds. The Balaban J connectivity index is 2.58. The Bertz CT molecular complexity index is 298. The summed E-state index contributed by atoms with van der Waals surface area (Å²) in [5.74, 6) is 0.0891. The van der Waals surface area contributed by atoms with Gasteiger partial charge in [0.05, 0.1) is 9.21 Å². The highest BCUT2D eigenvalue weighted by Crippen LogP contribution is 2.22. The van der Waals surface area contributed by atoms with Crippen LogP contribution >= 0.6 is 22.9 Å². The van der Waals surface area contributed by atoms with E-state index < -0.39 is 0 Å². The van der Waals surface area contributed by atoms with E-state index in [1.165, 1.54) is 11.3 Å². The number of carbonyl (C=O) groups is 1. The number of halogens is 1. The third kappa shape index (κ3) is 3.10. The molecule has 0 aromatic carbocycles. The van der Waals surface area contributed by atoms with E-state index in [4.69, 9.17) is 17.3 Å². The third-order valence-corrected chi connectivity index (χ3v) is 3.09. The van der Waals surface area contributed by atoms with Crippen LogP contribution in [0.1, 0.15) is 29.4 Å². The molecule has 1 unspecified atom stereocenters. The fourth-order valence-electron chi connectivity index (χ4n) is 0.947. The van der Waals surface area contributed by atoms with Crippen LogP contribution in [0.25, 0.3) is 0 Å². The van der Waals surface area contributed by atoms with E-state index in [0.717, 1.165) is 6.42 Å². The van der Waals surface area contributed by atoms with Crippen molar-refractivity contribution in [3.63, 3.8) is 0 Å². The van der Waals surface area contributed by atoms with Crippen LogP contribution in [0.3, 0.4) is 0 Å². The summed E-state index contributed by atoms with van der Waals surface area (Å²) in [6, 6.07) is 3.45. The van der Waals surface area contributed by atoms with Gasteiger partial charge in [-0.3, -0.25) is 4.79 Å². The highest BCUT2D eigenvalue weighted by Gasteiger charge is 2.11. The number of nitrogens with two attached hydrogens (primary N) is 1. The summed E-state index contributed by atoms with van der Waals surface area (Å²) in [5, 5.41) is 0. The summed E-state index contributed by atoms with van der Waals surface area (Å²) in [6.45, 7) is 1.97. The van der Waals surface area contributed by atoms with Gasteiger partial charge in [-0.25, -0.2) is 0 Å². The number of hydrogen-bond acceptors (Lipinski definition) is 3. The van der Waals surface area contributed by atoms with E-state index in [1.807, 2.05) is 6.92 Å². The van der Waals surface area contributed by atoms with Gasteiger partial charge in [0.25, 0.3) is 0 Å². The summed E-state index contributed by atoms with van der Waals surface area (Å²) >= 11 is 7.02. The molecular formula is C9H12ClNOS. The van der Waals surface area contributed by atoms with Gasteiger partial charge in [0.15, 0.2) is 5.78 Å². The van der Waals surface area contributed by atoms with Crippen molar-refractivity contribution in [3.05, 3.63) is 21.3 Å². The third-order valence-electron chi connectivity index (χ3n) is 1.82. The lowest BCUT2D eigenvalue weighted by Crippen LogP contribution is -2.22. The maximum absolute atomic E-state index is 11.5. The van der Waals surface area contributed by atoms with Crippen molar-refractivity contribution in [2.24, 2.45) is 5.73 Å². The number of ketones is 1. The van der Waals surface area contributed by atoms with Crippen molar-refractivity contribution in [3.8, 4) is 0 Å². The van der Waals surface area contributed by atoms with Gasteiger partial charge in [-0.05, 0) is 18.6 Å². The topological polar surface area (TPSA) is 43.1 Å². The molecular weight excluding hydrogens is 206 g/mol. The molecule has 0 aliphatic rings. The summed E-state index contributed by atoms with van der Waals surface area (Å²) in [7, 11) is 0. The van der Waals surface area contributed by atoms with Crippen LogP contribution in [0.2, 0.25) is 4.34 Å². The number of rotatable bonds is 4. The van der Waals surface area contributed by atoms with E-state index in [0.29, 0.717) is 15.6 Å². The molecule has 0 fully saturated rings. The molecule has 72 valence electrons. The molecule has 1 heterocycles. The van der Waals surface area contributed by atoms with Crippen LogP contribution in [0.5, 0.6) is 0 Å². The normalized spacial score (nSPS) is 12.8. The second-order valence-corrected chi connectivity index (χ2v) is 4.61. The summed E-state index contributed by atoms with van der Waals surface area (Å²) < 4.78 is 0.647. The fourth-order valence-corrected chi connectivity index (χ4v) is 1.94. The van der Waals surface area contributed by atoms with Crippen molar-refractivity contribution in [2.45, 2.75) is 25.8 Å². The van der Waals surface area contributed by atoms with E-state index in [9.17, 15) is 4.79 Å². The first-order chi connectivity index (χ1) is 6.13. The second kappa shape index (κ2) is 4.74. The second-order valence-electron chi connectivity index (χ2n) is 2.90. The first kappa shape index (κ1) is 10.7. The van der Waals surface area contributed by atoms with Crippen molar-refractivity contribution < 1.29 is 4.79 Å². The van der Waals surface area contributed by atoms with Crippen LogP contribution in [-0.2, 0) is 0 Å². The lowest BCUT2D eigenvalue weighted by atomic mass is 10.1. The van der Waals surface area contributed by atoms with Gasteiger partial charge in [-0.1, -0.05) is 18.5 Å². The van der Waals surface area contributed by atoms with Crippen LogP contribution in [0, 0.1) is 0 Å². The minimum absolute atomic E-state index is 0.0339. The molecule has 0 bridgehead atoms. The minimum atomic E-state index is -0.0339. The number of hydrogen-bond donors (Lipinski definition) is 1. The molecule has 13 heavy (non-hydrogen) atoms. The van der Waals surface area contributed by atoms with E-state index in [1.54, 1.807) is 12.1 Å². The molecule has 2 N–H and O–H groups in total. The van der Waals surface area contributed by atoms with Crippen molar-refractivity contribution in [1.82, 2.24) is 0 Å². The van der Waals surface area contributed by atoms with Crippen LogP contribution in [0.4, 0.5) is 0 Å². The Labute approximate surface area is 86.7 Å². The zero-order valence-corrected chi connectivity index (χ0v) is 8.99. The summed E-state index contributed by atoms with van der Waals surface area (Å²) in [4.78, 5) is 12.2. The Morgan fingerprint density at radius 3 is 2.85 bits per heavy atom. The van der Waals surface area contributed by atoms with Crippen LogP contribution in [0.15, 0.2) is 12.1 Å². The molecule has 1 aromatic rings. The van der Waals surface area contributed by atoms with Gasteiger partial charge in [0.2, 0.25) is 0 Å². The number of thiophene rings is 1. The van der Waals surface area contributed by atoms with Gasteiger partial charge in [0, 0.05) is 12.5 Å². The molecule has 2 nitrogen and oxygen atoms in total. The largest absolute Gasteiger partial charge is 0.327 e. The molecule has 0 radical (unpaired) electrons. The summed E-state index contributed by atoms with van der Waals surface area (Å²) in [6.07, 6.45) is 1.23. The maximum atomic E-state index is 11.5. The quantitative estimate of drug-likeness (QED) is 0.789. The average Bonchev–Trinajstić information content (AvgIpc) is 2.51.